The summed E-state index contributed by atoms with van der Waals surface area (Å²) in [5.74, 6) is -0.610. The summed E-state index contributed by atoms with van der Waals surface area (Å²) in [6, 6.07) is 9.53. The number of esters is 1. The monoisotopic (exact) mass is 249 g/mol. The van der Waals surface area contributed by atoms with E-state index in [0.29, 0.717) is 4.88 Å². The second-order valence-corrected chi connectivity index (χ2v) is 4.40. The molecule has 0 aliphatic rings. The fourth-order valence-corrected chi connectivity index (χ4v) is 2.52. The number of thiophene rings is 1. The summed E-state index contributed by atoms with van der Waals surface area (Å²) in [5.41, 5.74) is -0.0481. The standard InChI is InChI=1S/C12H11NO3S/c1-2-16-12(14)11(13-15)10-7-8-5-3-4-6-9(8)17-10/h3-7,15H,2H2,1H3. The second kappa shape index (κ2) is 4.97. The number of carbonyl (C=O) groups excluding carboxylic acids is 1. The summed E-state index contributed by atoms with van der Waals surface area (Å²) < 4.78 is 5.86. The van der Waals surface area contributed by atoms with Crippen LogP contribution in [0, 0.1) is 0 Å². The minimum absolute atomic E-state index is 0.0481. The van der Waals surface area contributed by atoms with Gasteiger partial charge in [-0.15, -0.1) is 11.3 Å². The first-order valence-electron chi connectivity index (χ1n) is 5.14. The van der Waals surface area contributed by atoms with Gasteiger partial charge in [0, 0.05) is 4.70 Å². The molecular weight excluding hydrogens is 238 g/mol. The molecule has 0 saturated carbocycles. The minimum atomic E-state index is -0.610. The zero-order valence-electron chi connectivity index (χ0n) is 9.21. The lowest BCUT2D eigenvalue weighted by Gasteiger charge is -2.00. The lowest BCUT2D eigenvalue weighted by Crippen LogP contribution is -2.17. The number of ether oxygens (including phenoxy) is 1. The van der Waals surface area contributed by atoms with Crippen molar-refractivity contribution in [3.8, 4) is 0 Å². The maximum Gasteiger partial charge on any atom is 0.361 e. The van der Waals surface area contributed by atoms with E-state index in [-0.39, 0.29) is 12.3 Å². The molecule has 0 aliphatic heterocycles. The number of fused-ring (bicyclic) bond motifs is 1. The maximum absolute atomic E-state index is 11.5. The molecule has 88 valence electrons. The van der Waals surface area contributed by atoms with Gasteiger partial charge in [0.1, 0.15) is 0 Å². The van der Waals surface area contributed by atoms with E-state index >= 15 is 0 Å². The van der Waals surface area contributed by atoms with Crippen molar-refractivity contribution in [1.29, 1.82) is 0 Å². The number of hydrogen-bond donors (Lipinski definition) is 1. The van der Waals surface area contributed by atoms with Crippen LogP contribution in [-0.2, 0) is 9.53 Å². The van der Waals surface area contributed by atoms with Gasteiger partial charge in [-0.3, -0.25) is 0 Å². The van der Waals surface area contributed by atoms with E-state index in [9.17, 15) is 4.79 Å². The van der Waals surface area contributed by atoms with Crippen molar-refractivity contribution < 1.29 is 14.7 Å². The maximum atomic E-state index is 11.5. The smallest absolute Gasteiger partial charge is 0.361 e. The minimum Gasteiger partial charge on any atom is -0.461 e. The zero-order valence-corrected chi connectivity index (χ0v) is 10.0. The van der Waals surface area contributed by atoms with E-state index < -0.39 is 5.97 Å². The summed E-state index contributed by atoms with van der Waals surface area (Å²) in [6.07, 6.45) is 0. The first-order chi connectivity index (χ1) is 8.26. The Labute approximate surface area is 102 Å². The molecule has 0 fully saturated rings. The van der Waals surface area contributed by atoms with Crippen LogP contribution in [0.3, 0.4) is 0 Å². The van der Waals surface area contributed by atoms with Gasteiger partial charge in [0.25, 0.3) is 0 Å². The van der Waals surface area contributed by atoms with Gasteiger partial charge in [-0.1, -0.05) is 23.4 Å². The number of benzene rings is 1. The Balaban J connectivity index is 2.41. The van der Waals surface area contributed by atoms with Crippen LogP contribution < -0.4 is 0 Å². The third-order valence-corrected chi connectivity index (χ3v) is 3.35. The highest BCUT2D eigenvalue weighted by molar-refractivity contribution is 7.21. The average Bonchev–Trinajstić information content (AvgIpc) is 2.73. The van der Waals surface area contributed by atoms with E-state index in [4.69, 9.17) is 9.94 Å². The van der Waals surface area contributed by atoms with Crippen molar-refractivity contribution in [2.45, 2.75) is 6.92 Å². The van der Waals surface area contributed by atoms with E-state index in [1.165, 1.54) is 11.3 Å². The Kier molecular flexibility index (Phi) is 3.39. The SMILES string of the molecule is CCOC(=O)C(=NO)c1cc2ccccc2s1. The van der Waals surface area contributed by atoms with Gasteiger partial charge in [0.15, 0.2) is 0 Å². The molecule has 0 unspecified atom stereocenters. The molecule has 1 aromatic heterocycles. The molecule has 2 aromatic rings. The van der Waals surface area contributed by atoms with Crippen molar-refractivity contribution in [2.75, 3.05) is 6.61 Å². The molecule has 0 atom stereocenters. The van der Waals surface area contributed by atoms with Gasteiger partial charge in [-0.2, -0.15) is 0 Å². The first kappa shape index (κ1) is 11.6. The summed E-state index contributed by atoms with van der Waals surface area (Å²) in [7, 11) is 0. The molecule has 0 radical (unpaired) electrons. The third kappa shape index (κ3) is 2.29. The normalized spacial score (nSPS) is 11.7. The van der Waals surface area contributed by atoms with Gasteiger partial charge in [0.05, 0.1) is 11.5 Å². The highest BCUT2D eigenvalue weighted by atomic mass is 32.1. The molecule has 17 heavy (non-hydrogen) atoms. The molecule has 1 heterocycles. The van der Waals surface area contributed by atoms with Crippen molar-refractivity contribution in [3.63, 3.8) is 0 Å². The van der Waals surface area contributed by atoms with Gasteiger partial charge < -0.3 is 9.94 Å². The van der Waals surface area contributed by atoms with Crippen LogP contribution in [0.25, 0.3) is 10.1 Å². The summed E-state index contributed by atoms with van der Waals surface area (Å²) >= 11 is 1.39. The van der Waals surface area contributed by atoms with Crippen molar-refractivity contribution >= 4 is 33.1 Å². The van der Waals surface area contributed by atoms with Crippen LogP contribution in [0.15, 0.2) is 35.5 Å². The van der Waals surface area contributed by atoms with Crippen LogP contribution in [0.2, 0.25) is 0 Å². The molecule has 1 N–H and O–H groups in total. The molecule has 5 heteroatoms. The molecule has 4 nitrogen and oxygen atoms in total. The van der Waals surface area contributed by atoms with Crippen molar-refractivity contribution in [3.05, 3.63) is 35.2 Å². The molecule has 0 amide bonds. The summed E-state index contributed by atoms with van der Waals surface area (Å²) in [4.78, 5) is 12.1. The highest BCUT2D eigenvalue weighted by Crippen LogP contribution is 2.26. The lowest BCUT2D eigenvalue weighted by molar-refractivity contribution is -0.135. The number of carbonyl (C=O) groups is 1. The average molecular weight is 249 g/mol. The third-order valence-electron chi connectivity index (χ3n) is 2.23. The molecule has 1 aromatic carbocycles. The summed E-state index contributed by atoms with van der Waals surface area (Å²) in [5, 5.41) is 12.9. The van der Waals surface area contributed by atoms with E-state index in [1.54, 1.807) is 6.92 Å². The van der Waals surface area contributed by atoms with Crippen LogP contribution in [0.5, 0.6) is 0 Å². The Bertz CT molecular complexity index is 541. The van der Waals surface area contributed by atoms with Gasteiger partial charge in [-0.05, 0) is 24.4 Å². The number of nitrogens with zero attached hydrogens (tertiary/aromatic N) is 1. The van der Waals surface area contributed by atoms with Crippen molar-refractivity contribution in [1.82, 2.24) is 0 Å². The molecular formula is C12H11NO3S. The second-order valence-electron chi connectivity index (χ2n) is 3.32. The predicted octanol–water partition coefficient (Wildman–Crippen LogP) is 2.64. The predicted molar refractivity (Wildman–Crippen MR) is 66.8 cm³/mol. The number of hydrogen-bond acceptors (Lipinski definition) is 5. The topological polar surface area (TPSA) is 58.9 Å². The first-order valence-corrected chi connectivity index (χ1v) is 5.96. The Hall–Kier alpha value is -1.88. The fraction of sp³-hybridized carbons (Fsp3) is 0.167. The molecule has 0 spiro atoms. The molecule has 0 aliphatic carbocycles. The number of rotatable bonds is 3. The van der Waals surface area contributed by atoms with Gasteiger partial charge in [0.2, 0.25) is 5.71 Å². The van der Waals surface area contributed by atoms with Crippen molar-refractivity contribution in [2.24, 2.45) is 5.16 Å². The van der Waals surface area contributed by atoms with Crippen LogP contribution in [0.4, 0.5) is 0 Å². The summed E-state index contributed by atoms with van der Waals surface area (Å²) in [6.45, 7) is 1.96. The largest absolute Gasteiger partial charge is 0.461 e. The van der Waals surface area contributed by atoms with Gasteiger partial charge in [-0.25, -0.2) is 4.79 Å². The van der Waals surface area contributed by atoms with Crippen LogP contribution >= 0.6 is 11.3 Å². The van der Waals surface area contributed by atoms with Crippen LogP contribution in [0.1, 0.15) is 11.8 Å². The number of oxime groups is 1. The molecule has 0 bridgehead atoms. The Morgan fingerprint density at radius 1 is 1.47 bits per heavy atom. The van der Waals surface area contributed by atoms with Gasteiger partial charge >= 0.3 is 5.97 Å². The Morgan fingerprint density at radius 3 is 2.88 bits per heavy atom. The fourth-order valence-electron chi connectivity index (χ4n) is 1.49. The quantitative estimate of drug-likeness (QED) is 0.394. The Morgan fingerprint density at radius 2 is 2.24 bits per heavy atom. The molecule has 2 rings (SSSR count). The van der Waals surface area contributed by atoms with E-state index in [0.717, 1.165) is 10.1 Å². The molecule has 0 saturated heterocycles. The highest BCUT2D eigenvalue weighted by Gasteiger charge is 2.18. The van der Waals surface area contributed by atoms with Crippen LogP contribution in [-0.4, -0.2) is 23.5 Å². The van der Waals surface area contributed by atoms with E-state index in [2.05, 4.69) is 5.16 Å². The van der Waals surface area contributed by atoms with E-state index in [1.807, 2.05) is 30.3 Å². The zero-order chi connectivity index (χ0) is 12.3. The lowest BCUT2D eigenvalue weighted by atomic mass is 10.2.